The number of aryl methyl sites for hydroxylation is 1. The van der Waals surface area contributed by atoms with E-state index in [4.69, 9.17) is 23.2 Å². The fraction of sp³-hybridized carbons (Fsp3) is 0.182. The van der Waals surface area contributed by atoms with Gasteiger partial charge in [-0.15, -0.1) is 0 Å². The zero-order valence-electron chi connectivity index (χ0n) is 8.60. The molecular weight excluding hydrogens is 247 g/mol. The highest BCUT2D eigenvalue weighted by Gasteiger charge is 2.09. The van der Waals surface area contributed by atoms with Crippen LogP contribution in [0.2, 0.25) is 10.0 Å². The van der Waals surface area contributed by atoms with Crippen molar-refractivity contribution in [1.82, 2.24) is 10.2 Å². The summed E-state index contributed by atoms with van der Waals surface area (Å²) < 4.78 is 0. The van der Waals surface area contributed by atoms with E-state index in [1.807, 2.05) is 13.0 Å². The number of aromatic nitrogens is 2. The molecule has 0 bridgehead atoms. The summed E-state index contributed by atoms with van der Waals surface area (Å²) in [5, 5.41) is 6.49. The molecule has 0 atom stereocenters. The van der Waals surface area contributed by atoms with Gasteiger partial charge in [0.25, 0.3) is 5.56 Å². The van der Waals surface area contributed by atoms with Crippen molar-refractivity contribution in [3.8, 4) is 0 Å². The number of H-pyrrole nitrogens is 2. The van der Waals surface area contributed by atoms with Crippen molar-refractivity contribution in [2.24, 2.45) is 0 Å². The predicted octanol–water partition coefficient (Wildman–Crippen LogP) is 2.91. The fourth-order valence-corrected chi connectivity index (χ4v) is 2.02. The highest BCUT2D eigenvalue weighted by Crippen LogP contribution is 2.23. The summed E-state index contributed by atoms with van der Waals surface area (Å²) >= 11 is 11.8. The number of aromatic amines is 2. The van der Waals surface area contributed by atoms with Crippen LogP contribution in [0.1, 0.15) is 16.8 Å². The molecule has 2 aromatic rings. The van der Waals surface area contributed by atoms with Gasteiger partial charge in [0.15, 0.2) is 0 Å². The van der Waals surface area contributed by atoms with Crippen LogP contribution in [-0.2, 0) is 6.42 Å². The van der Waals surface area contributed by atoms with Gasteiger partial charge in [-0.1, -0.05) is 29.3 Å². The largest absolute Gasteiger partial charge is 0.302 e. The third-order valence-electron chi connectivity index (χ3n) is 2.47. The maximum atomic E-state index is 11.5. The van der Waals surface area contributed by atoms with Crippen LogP contribution in [0.5, 0.6) is 0 Å². The molecule has 0 saturated heterocycles. The van der Waals surface area contributed by atoms with E-state index in [-0.39, 0.29) is 5.56 Å². The molecule has 0 radical (unpaired) electrons. The van der Waals surface area contributed by atoms with Gasteiger partial charge in [-0.2, -0.15) is 0 Å². The maximum Gasteiger partial charge on any atom is 0.267 e. The Morgan fingerprint density at radius 1 is 1.25 bits per heavy atom. The Balaban J connectivity index is 2.38. The third kappa shape index (κ3) is 2.15. The minimum Gasteiger partial charge on any atom is -0.302 e. The second-order valence-corrected chi connectivity index (χ2v) is 4.44. The van der Waals surface area contributed by atoms with Crippen LogP contribution in [0.4, 0.5) is 0 Å². The molecule has 16 heavy (non-hydrogen) atoms. The Labute approximate surface area is 102 Å². The monoisotopic (exact) mass is 256 g/mol. The SMILES string of the molecule is Cc1[nH][nH]c(=O)c1Cc1ccc(Cl)cc1Cl. The van der Waals surface area contributed by atoms with Crippen molar-refractivity contribution in [2.45, 2.75) is 13.3 Å². The van der Waals surface area contributed by atoms with Crippen molar-refractivity contribution >= 4 is 23.2 Å². The molecule has 0 aliphatic carbocycles. The molecule has 84 valence electrons. The molecule has 0 unspecified atom stereocenters. The summed E-state index contributed by atoms with van der Waals surface area (Å²) in [6, 6.07) is 5.27. The Morgan fingerprint density at radius 3 is 2.56 bits per heavy atom. The van der Waals surface area contributed by atoms with E-state index in [0.717, 1.165) is 11.3 Å². The standard InChI is InChI=1S/C11H10Cl2N2O/c1-6-9(11(16)15-14-6)4-7-2-3-8(12)5-10(7)13/h2-3,5H,4H2,1H3,(H2,14,15,16). The van der Waals surface area contributed by atoms with Gasteiger partial charge in [0.2, 0.25) is 0 Å². The molecule has 0 spiro atoms. The first-order valence-corrected chi connectivity index (χ1v) is 5.53. The van der Waals surface area contributed by atoms with Crippen molar-refractivity contribution in [3.05, 3.63) is 55.4 Å². The Bertz CT molecular complexity index is 572. The summed E-state index contributed by atoms with van der Waals surface area (Å²) in [4.78, 5) is 11.5. The van der Waals surface area contributed by atoms with E-state index in [1.165, 1.54) is 0 Å². The molecule has 0 amide bonds. The number of nitrogens with one attached hydrogen (secondary N) is 2. The first-order valence-electron chi connectivity index (χ1n) is 4.78. The van der Waals surface area contributed by atoms with E-state index < -0.39 is 0 Å². The van der Waals surface area contributed by atoms with Crippen LogP contribution < -0.4 is 5.56 Å². The molecule has 0 fully saturated rings. The molecule has 0 aliphatic heterocycles. The van der Waals surface area contributed by atoms with Gasteiger partial charge in [0, 0.05) is 27.7 Å². The van der Waals surface area contributed by atoms with E-state index in [2.05, 4.69) is 10.2 Å². The summed E-state index contributed by atoms with van der Waals surface area (Å²) in [5.41, 5.74) is 2.31. The van der Waals surface area contributed by atoms with E-state index in [0.29, 0.717) is 22.0 Å². The molecular formula is C11H10Cl2N2O. The van der Waals surface area contributed by atoms with Gasteiger partial charge in [-0.05, 0) is 24.6 Å². The van der Waals surface area contributed by atoms with Crippen LogP contribution in [-0.4, -0.2) is 10.2 Å². The molecule has 2 rings (SSSR count). The smallest absolute Gasteiger partial charge is 0.267 e. The van der Waals surface area contributed by atoms with Crippen molar-refractivity contribution in [1.29, 1.82) is 0 Å². The Hall–Kier alpha value is -1.19. The van der Waals surface area contributed by atoms with Gasteiger partial charge >= 0.3 is 0 Å². The second kappa shape index (κ2) is 4.36. The third-order valence-corrected chi connectivity index (χ3v) is 3.06. The summed E-state index contributed by atoms with van der Waals surface area (Å²) in [5.74, 6) is 0. The fourth-order valence-electron chi connectivity index (χ4n) is 1.54. The maximum absolute atomic E-state index is 11.5. The molecule has 1 heterocycles. The molecule has 1 aromatic carbocycles. The zero-order valence-corrected chi connectivity index (χ0v) is 10.1. The number of hydrogen-bond acceptors (Lipinski definition) is 1. The summed E-state index contributed by atoms with van der Waals surface area (Å²) in [6.07, 6.45) is 0.501. The number of hydrogen-bond donors (Lipinski definition) is 2. The highest BCUT2D eigenvalue weighted by molar-refractivity contribution is 6.35. The lowest BCUT2D eigenvalue weighted by Gasteiger charge is -2.03. The first kappa shape index (κ1) is 11.3. The van der Waals surface area contributed by atoms with Crippen LogP contribution >= 0.6 is 23.2 Å². The predicted molar refractivity (Wildman–Crippen MR) is 65.4 cm³/mol. The highest BCUT2D eigenvalue weighted by atomic mass is 35.5. The van der Waals surface area contributed by atoms with E-state index in [1.54, 1.807) is 12.1 Å². The molecule has 3 nitrogen and oxygen atoms in total. The zero-order chi connectivity index (χ0) is 11.7. The minimum atomic E-state index is -0.108. The first-order chi connectivity index (χ1) is 7.58. The van der Waals surface area contributed by atoms with E-state index in [9.17, 15) is 4.79 Å². The van der Waals surface area contributed by atoms with Gasteiger partial charge < -0.3 is 5.10 Å². The molecule has 2 N–H and O–H groups in total. The number of rotatable bonds is 2. The average molecular weight is 257 g/mol. The lowest BCUT2D eigenvalue weighted by molar-refractivity contribution is 1.02. The van der Waals surface area contributed by atoms with Crippen LogP contribution in [0.25, 0.3) is 0 Å². The van der Waals surface area contributed by atoms with Crippen LogP contribution in [0, 0.1) is 6.92 Å². The minimum absolute atomic E-state index is 0.108. The van der Waals surface area contributed by atoms with Gasteiger partial charge in [-0.25, -0.2) is 0 Å². The quantitative estimate of drug-likeness (QED) is 0.853. The van der Waals surface area contributed by atoms with Gasteiger partial charge in [-0.3, -0.25) is 9.89 Å². The summed E-state index contributed by atoms with van der Waals surface area (Å²) in [7, 11) is 0. The molecule has 0 aliphatic rings. The lowest BCUT2D eigenvalue weighted by Crippen LogP contribution is -2.07. The molecule has 0 saturated carbocycles. The number of benzene rings is 1. The van der Waals surface area contributed by atoms with Crippen molar-refractivity contribution in [2.75, 3.05) is 0 Å². The van der Waals surface area contributed by atoms with Crippen molar-refractivity contribution in [3.63, 3.8) is 0 Å². The van der Waals surface area contributed by atoms with E-state index >= 15 is 0 Å². The second-order valence-electron chi connectivity index (χ2n) is 3.60. The topological polar surface area (TPSA) is 48.6 Å². The van der Waals surface area contributed by atoms with Gasteiger partial charge in [0.1, 0.15) is 0 Å². The number of halogens is 2. The summed E-state index contributed by atoms with van der Waals surface area (Å²) in [6.45, 7) is 1.84. The van der Waals surface area contributed by atoms with Crippen molar-refractivity contribution < 1.29 is 0 Å². The van der Waals surface area contributed by atoms with Crippen LogP contribution in [0.15, 0.2) is 23.0 Å². The molecule has 5 heteroatoms. The average Bonchev–Trinajstić information content (AvgIpc) is 2.53. The van der Waals surface area contributed by atoms with Gasteiger partial charge in [0.05, 0.1) is 0 Å². The van der Waals surface area contributed by atoms with Crippen LogP contribution in [0.3, 0.4) is 0 Å². The normalized spacial score (nSPS) is 10.7. The Kier molecular flexibility index (Phi) is 3.08. The Morgan fingerprint density at radius 2 is 2.00 bits per heavy atom. The molecule has 1 aromatic heterocycles. The lowest BCUT2D eigenvalue weighted by atomic mass is 10.1.